The van der Waals surface area contributed by atoms with Crippen LogP contribution in [0.2, 0.25) is 0 Å². The second-order valence-electron chi connectivity index (χ2n) is 4.98. The molecule has 18 heavy (non-hydrogen) atoms. The molecule has 1 aromatic rings. The maximum absolute atomic E-state index is 13.6. The van der Waals surface area contributed by atoms with Gasteiger partial charge < -0.3 is 10.2 Å². The van der Waals surface area contributed by atoms with Gasteiger partial charge in [0, 0.05) is 31.9 Å². The number of halogens is 1. The highest BCUT2D eigenvalue weighted by Gasteiger charge is 2.38. The number of rotatable bonds is 1. The number of nitrogens with zero attached hydrogens (tertiary/aromatic N) is 2. The van der Waals surface area contributed by atoms with Gasteiger partial charge in [0.1, 0.15) is 0 Å². The highest BCUT2D eigenvalue weighted by atomic mass is 19.1. The van der Waals surface area contributed by atoms with Crippen LogP contribution >= 0.6 is 0 Å². The van der Waals surface area contributed by atoms with Crippen molar-refractivity contribution in [3.05, 3.63) is 29.8 Å². The van der Waals surface area contributed by atoms with Crippen molar-refractivity contribution in [2.45, 2.75) is 18.9 Å². The number of carbonyl (C=O) groups is 1. The van der Waals surface area contributed by atoms with Crippen molar-refractivity contribution >= 4 is 5.91 Å². The summed E-state index contributed by atoms with van der Waals surface area (Å²) >= 11 is 0. The monoisotopic (exact) mass is 249 g/mol. The zero-order valence-electron chi connectivity index (χ0n) is 10.1. The molecule has 0 radical (unpaired) electrons. The molecule has 0 aromatic carbocycles. The molecule has 2 aliphatic heterocycles. The Morgan fingerprint density at radius 1 is 1.50 bits per heavy atom. The van der Waals surface area contributed by atoms with Crippen LogP contribution in [-0.4, -0.2) is 41.5 Å². The molecule has 2 fully saturated rings. The van der Waals surface area contributed by atoms with E-state index in [1.165, 1.54) is 12.3 Å². The van der Waals surface area contributed by atoms with Crippen LogP contribution in [-0.2, 0) is 0 Å². The molecular formula is C13H16FN3O. The lowest BCUT2D eigenvalue weighted by Gasteiger charge is -2.37. The van der Waals surface area contributed by atoms with Crippen LogP contribution in [0.5, 0.6) is 0 Å². The van der Waals surface area contributed by atoms with Gasteiger partial charge in [0.05, 0.1) is 11.8 Å². The molecule has 0 spiro atoms. The molecule has 1 amide bonds. The third-order valence-corrected chi connectivity index (χ3v) is 3.94. The number of likely N-dealkylation sites (tertiary alicyclic amines) is 1. The van der Waals surface area contributed by atoms with Crippen molar-refractivity contribution in [2.24, 2.45) is 5.92 Å². The molecule has 2 aliphatic rings. The predicted molar refractivity (Wildman–Crippen MR) is 64.6 cm³/mol. The van der Waals surface area contributed by atoms with Crippen molar-refractivity contribution in [1.29, 1.82) is 0 Å². The highest BCUT2D eigenvalue weighted by Crippen LogP contribution is 2.27. The van der Waals surface area contributed by atoms with Crippen molar-refractivity contribution < 1.29 is 9.18 Å². The SMILES string of the molecule is O=C(c1ccncc1F)N1CCCC2CNCC21. The van der Waals surface area contributed by atoms with E-state index in [4.69, 9.17) is 0 Å². The fraction of sp³-hybridized carbons (Fsp3) is 0.538. The van der Waals surface area contributed by atoms with Gasteiger partial charge in [-0.1, -0.05) is 0 Å². The van der Waals surface area contributed by atoms with Crippen molar-refractivity contribution in [3.8, 4) is 0 Å². The Bertz CT molecular complexity index is 465. The molecule has 0 bridgehead atoms. The van der Waals surface area contributed by atoms with Crippen LogP contribution in [0.3, 0.4) is 0 Å². The molecule has 2 saturated heterocycles. The van der Waals surface area contributed by atoms with Crippen LogP contribution in [0.4, 0.5) is 4.39 Å². The van der Waals surface area contributed by atoms with Gasteiger partial charge in [-0.15, -0.1) is 0 Å². The van der Waals surface area contributed by atoms with Crippen molar-refractivity contribution in [2.75, 3.05) is 19.6 Å². The van der Waals surface area contributed by atoms with Gasteiger partial charge in [0.25, 0.3) is 5.91 Å². The minimum absolute atomic E-state index is 0.137. The molecule has 1 aromatic heterocycles. The molecule has 5 heteroatoms. The van der Waals surface area contributed by atoms with Crippen molar-refractivity contribution in [3.63, 3.8) is 0 Å². The molecular weight excluding hydrogens is 233 g/mol. The first-order valence-corrected chi connectivity index (χ1v) is 6.38. The molecule has 3 rings (SSSR count). The van der Waals surface area contributed by atoms with Crippen LogP contribution in [0.1, 0.15) is 23.2 Å². The largest absolute Gasteiger partial charge is 0.334 e. The number of piperidine rings is 1. The van der Waals surface area contributed by atoms with E-state index in [0.29, 0.717) is 5.92 Å². The summed E-state index contributed by atoms with van der Waals surface area (Å²) in [6.07, 6.45) is 4.72. The first-order valence-electron chi connectivity index (χ1n) is 6.38. The quantitative estimate of drug-likeness (QED) is 0.809. The third kappa shape index (κ3) is 1.88. The summed E-state index contributed by atoms with van der Waals surface area (Å²) in [5.41, 5.74) is 0.137. The third-order valence-electron chi connectivity index (χ3n) is 3.94. The summed E-state index contributed by atoms with van der Waals surface area (Å²) in [5.74, 6) is -0.212. The average molecular weight is 249 g/mol. The van der Waals surface area contributed by atoms with Crippen LogP contribution in [0.25, 0.3) is 0 Å². The van der Waals surface area contributed by atoms with Gasteiger partial charge in [-0.25, -0.2) is 4.39 Å². The van der Waals surface area contributed by atoms with E-state index in [0.717, 1.165) is 38.7 Å². The number of hydrogen-bond donors (Lipinski definition) is 1. The number of nitrogens with one attached hydrogen (secondary N) is 1. The fourth-order valence-electron chi connectivity index (χ4n) is 3.02. The van der Waals surface area contributed by atoms with E-state index in [1.54, 1.807) is 0 Å². The Morgan fingerprint density at radius 2 is 2.39 bits per heavy atom. The maximum atomic E-state index is 13.6. The van der Waals surface area contributed by atoms with E-state index in [1.807, 2.05) is 4.90 Å². The topological polar surface area (TPSA) is 45.2 Å². The molecule has 2 unspecified atom stereocenters. The van der Waals surface area contributed by atoms with E-state index in [2.05, 4.69) is 10.3 Å². The maximum Gasteiger partial charge on any atom is 0.257 e. The van der Waals surface area contributed by atoms with Crippen LogP contribution < -0.4 is 5.32 Å². The normalized spacial score (nSPS) is 27.1. The highest BCUT2D eigenvalue weighted by molar-refractivity contribution is 5.94. The van der Waals surface area contributed by atoms with E-state index < -0.39 is 5.82 Å². The van der Waals surface area contributed by atoms with Gasteiger partial charge >= 0.3 is 0 Å². The number of pyridine rings is 1. The Labute approximate surface area is 105 Å². The lowest BCUT2D eigenvalue weighted by molar-refractivity contribution is 0.0570. The Hall–Kier alpha value is -1.49. The minimum atomic E-state index is -0.532. The molecule has 96 valence electrons. The van der Waals surface area contributed by atoms with E-state index >= 15 is 0 Å². The number of carbonyl (C=O) groups excluding carboxylic acids is 1. The fourth-order valence-corrected chi connectivity index (χ4v) is 3.02. The molecule has 3 heterocycles. The molecule has 0 aliphatic carbocycles. The summed E-state index contributed by atoms with van der Waals surface area (Å²) < 4.78 is 13.6. The first-order chi connectivity index (χ1) is 8.77. The van der Waals surface area contributed by atoms with Gasteiger partial charge in [0.15, 0.2) is 5.82 Å². The second-order valence-corrected chi connectivity index (χ2v) is 4.98. The van der Waals surface area contributed by atoms with Gasteiger partial charge in [-0.3, -0.25) is 9.78 Å². The number of aromatic nitrogens is 1. The Balaban J connectivity index is 1.86. The van der Waals surface area contributed by atoms with Gasteiger partial charge in [-0.05, 0) is 24.8 Å². The van der Waals surface area contributed by atoms with Gasteiger partial charge in [0.2, 0.25) is 0 Å². The average Bonchev–Trinajstić information content (AvgIpc) is 2.86. The summed E-state index contributed by atoms with van der Waals surface area (Å²) in [7, 11) is 0. The predicted octanol–water partition coefficient (Wildman–Crippen LogP) is 1.04. The lowest BCUT2D eigenvalue weighted by atomic mass is 9.91. The van der Waals surface area contributed by atoms with Crippen LogP contribution in [0, 0.1) is 11.7 Å². The Kier molecular flexibility index (Phi) is 2.99. The zero-order valence-corrected chi connectivity index (χ0v) is 10.1. The minimum Gasteiger partial charge on any atom is -0.334 e. The Morgan fingerprint density at radius 3 is 3.22 bits per heavy atom. The summed E-state index contributed by atoms with van der Waals surface area (Å²) in [6.45, 7) is 2.51. The van der Waals surface area contributed by atoms with Crippen molar-refractivity contribution in [1.82, 2.24) is 15.2 Å². The summed E-state index contributed by atoms with van der Waals surface area (Å²) in [6, 6.07) is 1.68. The summed E-state index contributed by atoms with van der Waals surface area (Å²) in [4.78, 5) is 17.9. The van der Waals surface area contributed by atoms with E-state index in [-0.39, 0.29) is 17.5 Å². The van der Waals surface area contributed by atoms with E-state index in [9.17, 15) is 9.18 Å². The molecule has 1 N–H and O–H groups in total. The number of amides is 1. The van der Waals surface area contributed by atoms with Gasteiger partial charge in [-0.2, -0.15) is 0 Å². The lowest BCUT2D eigenvalue weighted by Crippen LogP contribution is -2.48. The standard InChI is InChI=1S/C13H16FN3O/c14-11-7-15-4-3-10(11)13(18)17-5-1-2-9-6-16-8-12(9)17/h3-4,7,9,12,16H,1-2,5-6,8H2. The first kappa shape index (κ1) is 11.6. The summed E-state index contributed by atoms with van der Waals surface area (Å²) in [5, 5.41) is 3.32. The molecule has 0 saturated carbocycles. The smallest absolute Gasteiger partial charge is 0.257 e. The van der Waals surface area contributed by atoms with Crippen LogP contribution in [0.15, 0.2) is 18.5 Å². The number of fused-ring (bicyclic) bond motifs is 1. The number of hydrogen-bond acceptors (Lipinski definition) is 3. The zero-order chi connectivity index (χ0) is 12.5. The second kappa shape index (κ2) is 4.65. The molecule has 4 nitrogen and oxygen atoms in total. The molecule has 2 atom stereocenters.